The summed E-state index contributed by atoms with van der Waals surface area (Å²) in [5.41, 5.74) is 2.79. The molecule has 0 aliphatic carbocycles. The lowest BCUT2D eigenvalue weighted by molar-refractivity contribution is -0.143. The third-order valence-electron chi connectivity index (χ3n) is 5.93. The summed E-state index contributed by atoms with van der Waals surface area (Å²) >= 11 is 0. The predicted molar refractivity (Wildman–Crippen MR) is 129 cm³/mol. The van der Waals surface area contributed by atoms with Crippen molar-refractivity contribution in [3.05, 3.63) is 35.5 Å². The fourth-order valence-corrected chi connectivity index (χ4v) is 4.24. The van der Waals surface area contributed by atoms with Gasteiger partial charge in [-0.2, -0.15) is 0 Å². The van der Waals surface area contributed by atoms with Crippen LogP contribution in [0.1, 0.15) is 113 Å². The summed E-state index contributed by atoms with van der Waals surface area (Å²) in [7, 11) is 0. The van der Waals surface area contributed by atoms with E-state index >= 15 is 0 Å². The molecule has 2 aromatic rings. The van der Waals surface area contributed by atoms with Crippen molar-refractivity contribution in [2.45, 2.75) is 104 Å². The average molecular weight is 428 g/mol. The van der Waals surface area contributed by atoms with Crippen LogP contribution in [0.4, 0.5) is 0 Å². The fourth-order valence-electron chi connectivity index (χ4n) is 4.24. The van der Waals surface area contributed by atoms with Gasteiger partial charge < -0.3 is 9.72 Å². The molecule has 0 radical (unpaired) electrons. The van der Waals surface area contributed by atoms with E-state index in [1.54, 1.807) is 0 Å². The molecule has 1 heterocycles. The summed E-state index contributed by atoms with van der Waals surface area (Å²) < 4.78 is 5.02. The van der Waals surface area contributed by atoms with Gasteiger partial charge in [-0.15, -0.1) is 0 Å². The summed E-state index contributed by atoms with van der Waals surface area (Å²) in [6, 6.07) is 8.00. The summed E-state index contributed by atoms with van der Waals surface area (Å²) in [5, 5.41) is 1.01. The van der Waals surface area contributed by atoms with Crippen molar-refractivity contribution in [3.63, 3.8) is 0 Å². The van der Waals surface area contributed by atoms with Crippen LogP contribution >= 0.6 is 0 Å². The summed E-state index contributed by atoms with van der Waals surface area (Å²) in [4.78, 5) is 28.1. The maximum absolute atomic E-state index is 13.1. The first-order valence-electron chi connectivity index (χ1n) is 12.5. The molecule has 0 saturated heterocycles. The number of carbonyl (C=O) groups excluding carboxylic acids is 2. The van der Waals surface area contributed by atoms with Gasteiger partial charge in [-0.05, 0) is 32.3 Å². The standard InChI is InChI=1S/C27H41NO3/c1-3-5-6-7-8-9-10-11-12-13-20-25(29)27-22-17-14-15-18-23(22)28-24(27)19-16-21-26(30)31-4-2/h14-15,17-18,28H,3-13,16,19-21H2,1-2H3. The van der Waals surface area contributed by atoms with Gasteiger partial charge in [-0.3, -0.25) is 9.59 Å². The zero-order valence-corrected chi connectivity index (χ0v) is 19.6. The number of para-hydroxylation sites is 1. The van der Waals surface area contributed by atoms with Crippen molar-refractivity contribution < 1.29 is 14.3 Å². The highest BCUT2D eigenvalue weighted by Crippen LogP contribution is 2.26. The van der Waals surface area contributed by atoms with E-state index in [0.717, 1.165) is 35.0 Å². The SMILES string of the molecule is CCCCCCCCCCCCC(=O)c1c(CCCC(=O)OCC)[nH]c2ccccc12. The zero-order chi connectivity index (χ0) is 22.3. The minimum atomic E-state index is -0.170. The molecular formula is C27H41NO3. The number of hydrogen-bond donors (Lipinski definition) is 1. The van der Waals surface area contributed by atoms with Gasteiger partial charge in [0.15, 0.2) is 5.78 Å². The first kappa shape index (κ1) is 25.2. The van der Waals surface area contributed by atoms with Crippen LogP contribution in [0.3, 0.4) is 0 Å². The first-order valence-corrected chi connectivity index (χ1v) is 12.5. The highest BCUT2D eigenvalue weighted by molar-refractivity contribution is 6.09. The molecular weight excluding hydrogens is 386 g/mol. The van der Waals surface area contributed by atoms with E-state index in [2.05, 4.69) is 11.9 Å². The number of fused-ring (bicyclic) bond motifs is 1. The Labute approximate surface area is 188 Å². The van der Waals surface area contributed by atoms with E-state index in [4.69, 9.17) is 4.74 Å². The number of H-pyrrole nitrogens is 1. The van der Waals surface area contributed by atoms with Crippen molar-refractivity contribution in [1.29, 1.82) is 0 Å². The normalized spacial score (nSPS) is 11.2. The number of Topliss-reactive ketones (excluding diaryl/α,β-unsaturated/α-hetero) is 1. The van der Waals surface area contributed by atoms with Crippen LogP contribution in [0.25, 0.3) is 10.9 Å². The largest absolute Gasteiger partial charge is 0.466 e. The van der Waals surface area contributed by atoms with Crippen LogP contribution in [0, 0.1) is 0 Å². The van der Waals surface area contributed by atoms with Gasteiger partial charge in [0.2, 0.25) is 0 Å². The van der Waals surface area contributed by atoms with Gasteiger partial charge in [0.25, 0.3) is 0 Å². The Hall–Kier alpha value is -2.10. The molecule has 0 saturated carbocycles. The average Bonchev–Trinajstić information content (AvgIpc) is 3.13. The third-order valence-corrected chi connectivity index (χ3v) is 5.93. The molecule has 0 spiro atoms. The Bertz CT molecular complexity index is 793. The number of ketones is 1. The van der Waals surface area contributed by atoms with Crippen molar-refractivity contribution in [3.8, 4) is 0 Å². The summed E-state index contributed by atoms with van der Waals surface area (Å²) in [6.45, 7) is 4.48. The Kier molecular flexibility index (Phi) is 12.0. The summed E-state index contributed by atoms with van der Waals surface area (Å²) in [6.07, 6.45) is 15.0. The lowest BCUT2D eigenvalue weighted by Crippen LogP contribution is -2.06. The smallest absolute Gasteiger partial charge is 0.305 e. The number of hydrogen-bond acceptors (Lipinski definition) is 3. The molecule has 2 rings (SSSR count). The molecule has 4 nitrogen and oxygen atoms in total. The molecule has 1 N–H and O–H groups in total. The molecule has 0 amide bonds. The maximum Gasteiger partial charge on any atom is 0.305 e. The van der Waals surface area contributed by atoms with E-state index in [0.29, 0.717) is 32.3 Å². The number of nitrogens with one attached hydrogen (secondary N) is 1. The van der Waals surface area contributed by atoms with Gasteiger partial charge >= 0.3 is 5.97 Å². The number of unbranched alkanes of at least 4 members (excludes halogenated alkanes) is 9. The molecule has 0 atom stereocenters. The van der Waals surface area contributed by atoms with E-state index in [9.17, 15) is 9.59 Å². The second-order valence-corrected chi connectivity index (χ2v) is 8.54. The second kappa shape index (κ2) is 14.8. The lowest BCUT2D eigenvalue weighted by Gasteiger charge is -2.06. The van der Waals surface area contributed by atoms with Crippen molar-refractivity contribution >= 4 is 22.7 Å². The van der Waals surface area contributed by atoms with E-state index in [1.165, 1.54) is 51.4 Å². The topological polar surface area (TPSA) is 59.2 Å². The third kappa shape index (κ3) is 8.88. The zero-order valence-electron chi connectivity index (χ0n) is 19.6. The number of ether oxygens (including phenoxy) is 1. The molecule has 1 aromatic heterocycles. The van der Waals surface area contributed by atoms with E-state index in [1.807, 2.05) is 31.2 Å². The lowest BCUT2D eigenvalue weighted by atomic mass is 9.98. The van der Waals surface area contributed by atoms with E-state index < -0.39 is 0 Å². The maximum atomic E-state index is 13.1. The monoisotopic (exact) mass is 427 g/mol. The minimum Gasteiger partial charge on any atom is -0.466 e. The summed E-state index contributed by atoms with van der Waals surface area (Å²) in [5.74, 6) is 0.0556. The highest BCUT2D eigenvalue weighted by atomic mass is 16.5. The highest BCUT2D eigenvalue weighted by Gasteiger charge is 2.18. The molecule has 4 heteroatoms. The molecule has 0 aliphatic rings. The van der Waals surface area contributed by atoms with Crippen molar-refractivity contribution in [2.24, 2.45) is 0 Å². The van der Waals surface area contributed by atoms with Crippen LogP contribution in [0.2, 0.25) is 0 Å². The molecule has 0 aliphatic heterocycles. The molecule has 31 heavy (non-hydrogen) atoms. The number of aryl methyl sites for hydroxylation is 1. The molecule has 0 bridgehead atoms. The Morgan fingerprint density at radius 2 is 1.45 bits per heavy atom. The molecule has 0 fully saturated rings. The Morgan fingerprint density at radius 1 is 0.806 bits per heavy atom. The Balaban J connectivity index is 1.80. The quantitative estimate of drug-likeness (QED) is 0.161. The van der Waals surface area contributed by atoms with Gasteiger partial charge in [-0.1, -0.05) is 82.9 Å². The number of carbonyl (C=O) groups is 2. The van der Waals surface area contributed by atoms with Gasteiger partial charge in [0.1, 0.15) is 0 Å². The number of benzene rings is 1. The van der Waals surface area contributed by atoms with Crippen LogP contribution < -0.4 is 0 Å². The number of esters is 1. The minimum absolute atomic E-state index is 0.170. The van der Waals surface area contributed by atoms with Gasteiger partial charge in [0, 0.05) is 35.0 Å². The van der Waals surface area contributed by atoms with Gasteiger partial charge in [0.05, 0.1) is 6.61 Å². The van der Waals surface area contributed by atoms with Crippen LogP contribution in [0.5, 0.6) is 0 Å². The molecule has 1 aromatic carbocycles. The number of aromatic nitrogens is 1. The van der Waals surface area contributed by atoms with E-state index in [-0.39, 0.29) is 11.8 Å². The fraction of sp³-hybridized carbons (Fsp3) is 0.630. The Morgan fingerprint density at radius 3 is 2.13 bits per heavy atom. The predicted octanol–water partition coefficient (Wildman–Crippen LogP) is 7.55. The second-order valence-electron chi connectivity index (χ2n) is 8.54. The van der Waals surface area contributed by atoms with Gasteiger partial charge in [-0.25, -0.2) is 0 Å². The molecule has 0 unspecified atom stereocenters. The first-order chi connectivity index (χ1) is 15.2. The number of aromatic amines is 1. The van der Waals surface area contributed by atoms with Crippen LogP contribution in [0.15, 0.2) is 24.3 Å². The van der Waals surface area contributed by atoms with Crippen LogP contribution in [-0.4, -0.2) is 23.3 Å². The van der Waals surface area contributed by atoms with Crippen molar-refractivity contribution in [2.75, 3.05) is 6.61 Å². The van der Waals surface area contributed by atoms with Crippen molar-refractivity contribution in [1.82, 2.24) is 4.98 Å². The number of rotatable bonds is 17. The molecule has 172 valence electrons. The van der Waals surface area contributed by atoms with Crippen LogP contribution in [-0.2, 0) is 16.0 Å².